The number of hydroxylamine groups is 1. The fraction of sp³-hybridized carbons (Fsp3) is 0.167. The summed E-state index contributed by atoms with van der Waals surface area (Å²) in [6, 6.07) is 0.261. The minimum atomic E-state index is 0.261. The van der Waals surface area contributed by atoms with Crippen LogP contribution in [0.5, 0.6) is 6.01 Å². The van der Waals surface area contributed by atoms with Crippen LogP contribution in [0.15, 0.2) is 12.5 Å². The molecule has 6 nitrogen and oxygen atoms in total. The standard InChI is InChI=1S/C6H7N5O/c1-7-12-6-8-2-4-5(11-6)10-3-9-4/h2-3,7H,1H3,(H,8,9,10,11). The fourth-order valence-corrected chi connectivity index (χ4v) is 0.861. The Morgan fingerprint density at radius 1 is 1.50 bits per heavy atom. The van der Waals surface area contributed by atoms with E-state index in [2.05, 4.69) is 25.4 Å². The molecular formula is C6H7N5O. The van der Waals surface area contributed by atoms with Crippen molar-refractivity contribution < 1.29 is 4.84 Å². The van der Waals surface area contributed by atoms with E-state index in [1.54, 1.807) is 19.6 Å². The number of hydrogen-bond donors (Lipinski definition) is 2. The monoisotopic (exact) mass is 165 g/mol. The van der Waals surface area contributed by atoms with Gasteiger partial charge in [-0.05, 0) is 0 Å². The summed E-state index contributed by atoms with van der Waals surface area (Å²) in [5, 5.41) is 0. The lowest BCUT2D eigenvalue weighted by atomic mass is 10.6. The van der Waals surface area contributed by atoms with Crippen LogP contribution in [0.1, 0.15) is 0 Å². The zero-order chi connectivity index (χ0) is 8.39. The van der Waals surface area contributed by atoms with Crippen LogP contribution in [-0.4, -0.2) is 27.0 Å². The molecule has 0 fully saturated rings. The molecule has 2 aromatic rings. The molecule has 2 N–H and O–H groups in total. The molecule has 6 heteroatoms. The summed E-state index contributed by atoms with van der Waals surface area (Å²) < 4.78 is 0. The van der Waals surface area contributed by atoms with Crippen molar-refractivity contribution in [3.8, 4) is 6.01 Å². The third kappa shape index (κ3) is 1.08. The summed E-state index contributed by atoms with van der Waals surface area (Å²) in [6.07, 6.45) is 3.17. The molecule has 0 aromatic carbocycles. The largest absolute Gasteiger partial charge is 0.368 e. The molecule has 0 atom stereocenters. The van der Waals surface area contributed by atoms with Crippen molar-refractivity contribution in [3.63, 3.8) is 0 Å². The van der Waals surface area contributed by atoms with Gasteiger partial charge in [0.15, 0.2) is 5.65 Å². The highest BCUT2D eigenvalue weighted by Crippen LogP contribution is 2.07. The van der Waals surface area contributed by atoms with Crippen molar-refractivity contribution in [1.82, 2.24) is 25.4 Å². The van der Waals surface area contributed by atoms with Crippen molar-refractivity contribution in [1.29, 1.82) is 0 Å². The average molecular weight is 165 g/mol. The molecule has 2 aromatic heterocycles. The Labute approximate surface area is 68.0 Å². The van der Waals surface area contributed by atoms with E-state index in [4.69, 9.17) is 4.84 Å². The zero-order valence-electron chi connectivity index (χ0n) is 6.40. The van der Waals surface area contributed by atoms with Gasteiger partial charge in [-0.15, -0.1) is 0 Å². The number of rotatable bonds is 2. The number of fused-ring (bicyclic) bond motifs is 1. The average Bonchev–Trinajstić information content (AvgIpc) is 2.51. The second-order valence-corrected chi connectivity index (χ2v) is 2.10. The molecular weight excluding hydrogens is 158 g/mol. The van der Waals surface area contributed by atoms with Crippen molar-refractivity contribution in [3.05, 3.63) is 12.5 Å². The quantitative estimate of drug-likeness (QED) is 0.606. The third-order valence-corrected chi connectivity index (χ3v) is 1.35. The molecule has 2 heterocycles. The van der Waals surface area contributed by atoms with E-state index in [1.165, 1.54) is 0 Å². The van der Waals surface area contributed by atoms with Crippen LogP contribution in [0.25, 0.3) is 11.2 Å². The number of H-pyrrole nitrogens is 1. The molecule has 12 heavy (non-hydrogen) atoms. The van der Waals surface area contributed by atoms with Gasteiger partial charge < -0.3 is 9.82 Å². The van der Waals surface area contributed by atoms with Crippen molar-refractivity contribution >= 4 is 11.2 Å². The minimum absolute atomic E-state index is 0.261. The summed E-state index contributed by atoms with van der Waals surface area (Å²) in [7, 11) is 1.64. The smallest absolute Gasteiger partial charge is 0.337 e. The second-order valence-electron chi connectivity index (χ2n) is 2.10. The summed E-state index contributed by atoms with van der Waals surface area (Å²) in [6.45, 7) is 0. The highest BCUT2D eigenvalue weighted by atomic mass is 16.7. The lowest BCUT2D eigenvalue weighted by Crippen LogP contribution is -2.13. The van der Waals surface area contributed by atoms with E-state index < -0.39 is 0 Å². The molecule has 0 aliphatic carbocycles. The first-order chi connectivity index (χ1) is 5.90. The summed E-state index contributed by atoms with van der Waals surface area (Å²) in [5.41, 5.74) is 3.86. The van der Waals surface area contributed by atoms with E-state index in [0.717, 1.165) is 5.52 Å². The van der Waals surface area contributed by atoms with E-state index in [0.29, 0.717) is 5.65 Å². The third-order valence-electron chi connectivity index (χ3n) is 1.35. The molecule has 0 aliphatic rings. The van der Waals surface area contributed by atoms with Crippen LogP contribution in [0.3, 0.4) is 0 Å². The van der Waals surface area contributed by atoms with Crippen molar-refractivity contribution in [2.24, 2.45) is 0 Å². The van der Waals surface area contributed by atoms with Gasteiger partial charge >= 0.3 is 6.01 Å². The molecule has 0 bridgehead atoms. The predicted octanol–water partition coefficient (Wildman–Crippen LogP) is -0.134. The normalized spacial score (nSPS) is 10.4. The minimum Gasteiger partial charge on any atom is -0.368 e. The van der Waals surface area contributed by atoms with E-state index in [1.807, 2.05) is 0 Å². The van der Waals surface area contributed by atoms with Gasteiger partial charge in [0.05, 0.1) is 12.5 Å². The van der Waals surface area contributed by atoms with Crippen molar-refractivity contribution in [2.75, 3.05) is 7.05 Å². The fourth-order valence-electron chi connectivity index (χ4n) is 0.861. The number of hydrogen-bond acceptors (Lipinski definition) is 5. The Morgan fingerprint density at radius 3 is 3.25 bits per heavy atom. The second kappa shape index (κ2) is 2.74. The molecule has 0 saturated carbocycles. The van der Waals surface area contributed by atoms with Crippen LogP contribution in [0.2, 0.25) is 0 Å². The van der Waals surface area contributed by atoms with Gasteiger partial charge in [0, 0.05) is 7.05 Å². The maximum Gasteiger partial charge on any atom is 0.337 e. The van der Waals surface area contributed by atoms with Gasteiger partial charge in [0.2, 0.25) is 0 Å². The first kappa shape index (κ1) is 6.99. The Kier molecular flexibility index (Phi) is 1.60. The topological polar surface area (TPSA) is 75.7 Å². The number of aromatic amines is 1. The lowest BCUT2D eigenvalue weighted by molar-refractivity contribution is 0.204. The van der Waals surface area contributed by atoms with Crippen molar-refractivity contribution in [2.45, 2.75) is 0 Å². The van der Waals surface area contributed by atoms with Gasteiger partial charge in [-0.25, -0.2) is 4.98 Å². The molecule has 0 amide bonds. The Morgan fingerprint density at radius 2 is 2.42 bits per heavy atom. The van der Waals surface area contributed by atoms with E-state index in [9.17, 15) is 0 Å². The Bertz CT molecular complexity index is 384. The molecule has 0 spiro atoms. The number of imidazole rings is 1. The first-order valence-electron chi connectivity index (χ1n) is 3.40. The molecule has 0 aliphatic heterocycles. The number of nitrogens with zero attached hydrogens (tertiary/aromatic N) is 3. The molecule has 0 saturated heterocycles. The molecule has 0 radical (unpaired) electrons. The summed E-state index contributed by atoms with van der Waals surface area (Å²) >= 11 is 0. The van der Waals surface area contributed by atoms with Crippen LogP contribution in [-0.2, 0) is 0 Å². The van der Waals surface area contributed by atoms with Crippen LogP contribution < -0.4 is 10.3 Å². The Balaban J connectivity index is 2.46. The molecule has 62 valence electrons. The highest BCUT2D eigenvalue weighted by Gasteiger charge is 2.00. The van der Waals surface area contributed by atoms with Crippen LogP contribution >= 0.6 is 0 Å². The summed E-state index contributed by atoms with van der Waals surface area (Å²) in [5.74, 6) is 0. The first-order valence-corrected chi connectivity index (χ1v) is 3.40. The van der Waals surface area contributed by atoms with E-state index in [-0.39, 0.29) is 6.01 Å². The van der Waals surface area contributed by atoms with Crippen LogP contribution in [0.4, 0.5) is 0 Å². The lowest BCUT2D eigenvalue weighted by Gasteiger charge is -1.97. The number of nitrogens with one attached hydrogen (secondary N) is 2. The molecule has 0 unspecified atom stereocenters. The van der Waals surface area contributed by atoms with Gasteiger partial charge in [0.1, 0.15) is 5.52 Å². The number of aromatic nitrogens is 4. The maximum atomic E-state index is 4.86. The van der Waals surface area contributed by atoms with Gasteiger partial charge in [-0.3, -0.25) is 0 Å². The van der Waals surface area contributed by atoms with Crippen LogP contribution in [0, 0.1) is 0 Å². The van der Waals surface area contributed by atoms with Gasteiger partial charge in [-0.2, -0.15) is 15.4 Å². The van der Waals surface area contributed by atoms with Gasteiger partial charge in [-0.1, -0.05) is 0 Å². The van der Waals surface area contributed by atoms with Gasteiger partial charge in [0.25, 0.3) is 0 Å². The Hall–Kier alpha value is -1.69. The molecule has 2 rings (SSSR count). The highest BCUT2D eigenvalue weighted by molar-refractivity contribution is 5.68. The van der Waals surface area contributed by atoms with E-state index >= 15 is 0 Å². The SMILES string of the molecule is CNOc1ncc2[nH]cnc2n1. The predicted molar refractivity (Wildman–Crippen MR) is 41.4 cm³/mol. The zero-order valence-corrected chi connectivity index (χ0v) is 6.40. The maximum absolute atomic E-state index is 4.86. The summed E-state index contributed by atoms with van der Waals surface area (Å²) in [4.78, 5) is 19.6.